The minimum Gasteiger partial charge on any atom is -0.207 e. The Bertz CT molecular complexity index is 354. The monoisotopic (exact) mass is 212 g/mol. The standard InChI is InChI=1S/C13H18F2/c1-5-6-10-9(4)7-11(14)12(8(2)3)13(10)15/h7-8H,5-6H2,1-4H3. The van der Waals surface area contributed by atoms with Gasteiger partial charge in [-0.25, -0.2) is 8.78 Å². The van der Waals surface area contributed by atoms with E-state index in [1.807, 2.05) is 20.8 Å². The number of hydrogen-bond donors (Lipinski definition) is 0. The van der Waals surface area contributed by atoms with E-state index in [1.165, 1.54) is 6.07 Å². The Hall–Kier alpha value is -0.920. The molecule has 1 aromatic carbocycles. The Balaban J connectivity index is 3.35. The number of rotatable bonds is 3. The zero-order valence-corrected chi connectivity index (χ0v) is 9.82. The molecular formula is C13H18F2. The molecule has 0 bridgehead atoms. The quantitative estimate of drug-likeness (QED) is 0.698. The Morgan fingerprint density at radius 3 is 2.33 bits per heavy atom. The average molecular weight is 212 g/mol. The van der Waals surface area contributed by atoms with Gasteiger partial charge in [-0.15, -0.1) is 0 Å². The second-order valence-electron chi connectivity index (χ2n) is 4.29. The van der Waals surface area contributed by atoms with E-state index in [4.69, 9.17) is 0 Å². The summed E-state index contributed by atoms with van der Waals surface area (Å²) in [5.41, 5.74) is 1.61. The summed E-state index contributed by atoms with van der Waals surface area (Å²) in [7, 11) is 0. The summed E-state index contributed by atoms with van der Waals surface area (Å²) in [4.78, 5) is 0. The molecule has 0 saturated carbocycles. The molecule has 84 valence electrons. The van der Waals surface area contributed by atoms with Gasteiger partial charge in [-0.3, -0.25) is 0 Å². The molecule has 0 N–H and O–H groups in total. The Labute approximate surface area is 90.3 Å². The van der Waals surface area contributed by atoms with E-state index in [0.29, 0.717) is 12.0 Å². The van der Waals surface area contributed by atoms with E-state index in [-0.39, 0.29) is 17.3 Å². The molecule has 0 radical (unpaired) electrons. The van der Waals surface area contributed by atoms with Gasteiger partial charge in [0.25, 0.3) is 0 Å². The van der Waals surface area contributed by atoms with Crippen LogP contribution in [0.15, 0.2) is 6.07 Å². The van der Waals surface area contributed by atoms with Gasteiger partial charge in [-0.2, -0.15) is 0 Å². The third kappa shape index (κ3) is 2.36. The second kappa shape index (κ2) is 4.73. The van der Waals surface area contributed by atoms with Gasteiger partial charge < -0.3 is 0 Å². The van der Waals surface area contributed by atoms with Gasteiger partial charge in [0.05, 0.1) is 0 Å². The van der Waals surface area contributed by atoms with E-state index in [9.17, 15) is 8.78 Å². The van der Waals surface area contributed by atoms with Crippen LogP contribution in [0.1, 0.15) is 49.8 Å². The SMILES string of the molecule is CCCc1c(C)cc(F)c(C(C)C)c1F. The van der Waals surface area contributed by atoms with E-state index in [1.54, 1.807) is 6.92 Å². The summed E-state index contributed by atoms with van der Waals surface area (Å²) < 4.78 is 27.5. The fourth-order valence-corrected chi connectivity index (χ4v) is 1.88. The molecule has 0 aliphatic rings. The lowest BCUT2D eigenvalue weighted by atomic mass is 9.94. The van der Waals surface area contributed by atoms with E-state index < -0.39 is 5.82 Å². The molecule has 0 aliphatic carbocycles. The van der Waals surface area contributed by atoms with Crippen LogP contribution < -0.4 is 0 Å². The third-order valence-corrected chi connectivity index (χ3v) is 2.66. The fourth-order valence-electron chi connectivity index (χ4n) is 1.88. The van der Waals surface area contributed by atoms with Crippen molar-refractivity contribution < 1.29 is 8.78 Å². The first-order valence-corrected chi connectivity index (χ1v) is 5.46. The predicted molar refractivity (Wildman–Crippen MR) is 59.2 cm³/mol. The largest absolute Gasteiger partial charge is 0.207 e. The topological polar surface area (TPSA) is 0 Å². The molecule has 0 atom stereocenters. The zero-order valence-electron chi connectivity index (χ0n) is 9.82. The highest BCUT2D eigenvalue weighted by Gasteiger charge is 2.18. The number of benzene rings is 1. The summed E-state index contributed by atoms with van der Waals surface area (Å²) in [6, 6.07) is 1.45. The molecule has 2 heteroatoms. The Morgan fingerprint density at radius 1 is 1.27 bits per heavy atom. The lowest BCUT2D eigenvalue weighted by Crippen LogP contribution is -2.05. The summed E-state index contributed by atoms with van der Waals surface area (Å²) in [5, 5.41) is 0. The summed E-state index contributed by atoms with van der Waals surface area (Å²) in [5.74, 6) is -0.870. The maximum atomic E-state index is 14.0. The minimum atomic E-state index is -0.417. The first-order valence-electron chi connectivity index (χ1n) is 5.46. The van der Waals surface area contributed by atoms with Crippen LogP contribution >= 0.6 is 0 Å². The molecule has 0 nitrogen and oxygen atoms in total. The number of aryl methyl sites for hydroxylation is 1. The van der Waals surface area contributed by atoms with Crippen LogP contribution in [0.4, 0.5) is 8.78 Å². The predicted octanol–water partition coefficient (Wildman–Crippen LogP) is 4.35. The molecule has 0 aliphatic heterocycles. The molecular weight excluding hydrogens is 194 g/mol. The van der Waals surface area contributed by atoms with Crippen molar-refractivity contribution in [3.63, 3.8) is 0 Å². The van der Waals surface area contributed by atoms with Crippen LogP contribution in [-0.4, -0.2) is 0 Å². The second-order valence-corrected chi connectivity index (χ2v) is 4.29. The van der Waals surface area contributed by atoms with Crippen LogP contribution in [-0.2, 0) is 6.42 Å². The molecule has 0 heterocycles. The molecule has 15 heavy (non-hydrogen) atoms. The molecule has 1 rings (SSSR count). The van der Waals surface area contributed by atoms with Crippen molar-refractivity contribution in [2.45, 2.75) is 46.5 Å². The van der Waals surface area contributed by atoms with Gasteiger partial charge >= 0.3 is 0 Å². The van der Waals surface area contributed by atoms with Crippen LogP contribution in [0.5, 0.6) is 0 Å². The summed E-state index contributed by atoms with van der Waals surface area (Å²) >= 11 is 0. The first kappa shape index (κ1) is 12.2. The fraction of sp³-hybridized carbons (Fsp3) is 0.538. The van der Waals surface area contributed by atoms with E-state index in [0.717, 1.165) is 12.0 Å². The van der Waals surface area contributed by atoms with Crippen LogP contribution in [0, 0.1) is 18.6 Å². The molecule has 0 unspecified atom stereocenters. The molecule has 0 spiro atoms. The van der Waals surface area contributed by atoms with Gasteiger partial charge in [0.1, 0.15) is 11.6 Å². The van der Waals surface area contributed by atoms with Gasteiger partial charge in [-0.1, -0.05) is 27.2 Å². The van der Waals surface area contributed by atoms with Crippen LogP contribution in [0.3, 0.4) is 0 Å². The third-order valence-electron chi connectivity index (χ3n) is 2.66. The Kier molecular flexibility index (Phi) is 3.83. The average Bonchev–Trinajstić information content (AvgIpc) is 2.11. The van der Waals surface area contributed by atoms with Gasteiger partial charge in [0.15, 0.2) is 0 Å². The van der Waals surface area contributed by atoms with Crippen molar-refractivity contribution in [3.05, 3.63) is 34.4 Å². The number of halogens is 2. The molecule has 1 aromatic rings. The number of hydrogen-bond acceptors (Lipinski definition) is 0. The van der Waals surface area contributed by atoms with Crippen LogP contribution in [0.2, 0.25) is 0 Å². The molecule has 0 aromatic heterocycles. The molecule has 0 fully saturated rings. The lowest BCUT2D eigenvalue weighted by molar-refractivity contribution is 0.529. The maximum absolute atomic E-state index is 14.0. The molecule has 0 amide bonds. The van der Waals surface area contributed by atoms with Crippen molar-refractivity contribution in [3.8, 4) is 0 Å². The van der Waals surface area contributed by atoms with Crippen molar-refractivity contribution in [2.24, 2.45) is 0 Å². The lowest BCUT2D eigenvalue weighted by Gasteiger charge is -2.14. The Morgan fingerprint density at radius 2 is 1.87 bits per heavy atom. The van der Waals surface area contributed by atoms with Gasteiger partial charge in [0, 0.05) is 5.56 Å². The smallest absolute Gasteiger partial charge is 0.133 e. The van der Waals surface area contributed by atoms with Crippen molar-refractivity contribution in [1.29, 1.82) is 0 Å². The summed E-state index contributed by atoms with van der Waals surface area (Å²) in [6.45, 7) is 7.39. The van der Waals surface area contributed by atoms with Gasteiger partial charge in [-0.05, 0) is 36.5 Å². The highest BCUT2D eigenvalue weighted by atomic mass is 19.1. The zero-order chi connectivity index (χ0) is 11.6. The van der Waals surface area contributed by atoms with Crippen molar-refractivity contribution in [2.75, 3.05) is 0 Å². The summed E-state index contributed by atoms with van der Waals surface area (Å²) in [6.07, 6.45) is 1.55. The highest BCUT2D eigenvalue weighted by Crippen LogP contribution is 2.27. The highest BCUT2D eigenvalue weighted by molar-refractivity contribution is 5.36. The first-order chi connectivity index (χ1) is 6.99. The van der Waals surface area contributed by atoms with Crippen LogP contribution in [0.25, 0.3) is 0 Å². The van der Waals surface area contributed by atoms with E-state index in [2.05, 4.69) is 0 Å². The maximum Gasteiger partial charge on any atom is 0.133 e. The minimum absolute atomic E-state index is 0.110. The molecule has 0 saturated heterocycles. The van der Waals surface area contributed by atoms with Crippen molar-refractivity contribution >= 4 is 0 Å². The normalized spacial score (nSPS) is 11.1. The van der Waals surface area contributed by atoms with E-state index >= 15 is 0 Å². The van der Waals surface area contributed by atoms with Gasteiger partial charge in [0.2, 0.25) is 0 Å². The van der Waals surface area contributed by atoms with Crippen molar-refractivity contribution in [1.82, 2.24) is 0 Å².